The summed E-state index contributed by atoms with van der Waals surface area (Å²) < 4.78 is 17.2. The van der Waals surface area contributed by atoms with E-state index in [0.717, 1.165) is 41.6 Å². The zero-order valence-electron chi connectivity index (χ0n) is 36.8. The van der Waals surface area contributed by atoms with Crippen molar-refractivity contribution < 1.29 is 23.6 Å². The van der Waals surface area contributed by atoms with Crippen molar-refractivity contribution in [1.29, 1.82) is 5.26 Å². The number of rotatable bonds is 14. The van der Waals surface area contributed by atoms with Crippen molar-refractivity contribution in [1.82, 2.24) is 35.2 Å². The Hall–Kier alpha value is -6.76. The van der Waals surface area contributed by atoms with Gasteiger partial charge in [0.1, 0.15) is 24.2 Å². The Morgan fingerprint density at radius 1 is 0.923 bits per heavy atom. The Balaban J connectivity index is 0.787. The normalized spacial score (nSPS) is 19.9. The number of pyridine rings is 1. The van der Waals surface area contributed by atoms with Gasteiger partial charge in [0.05, 0.1) is 29.4 Å². The van der Waals surface area contributed by atoms with Gasteiger partial charge >= 0.3 is 0 Å². The topological polar surface area (TPSA) is 169 Å². The van der Waals surface area contributed by atoms with Crippen molar-refractivity contribution in [3.63, 3.8) is 0 Å². The molecule has 4 atom stereocenters. The highest BCUT2D eigenvalue weighted by atomic mass is 19.1. The molecule has 1 unspecified atom stereocenters. The Morgan fingerprint density at radius 3 is 2.35 bits per heavy atom. The lowest BCUT2D eigenvalue weighted by Crippen LogP contribution is -2.58. The molecular weight excluding hydrogens is 824 g/mol. The number of imide groups is 1. The lowest BCUT2D eigenvalue weighted by atomic mass is 9.90. The van der Waals surface area contributed by atoms with Gasteiger partial charge in [0, 0.05) is 81.3 Å². The molecule has 336 valence electrons. The molecule has 3 aliphatic rings. The number of nitriles is 1. The number of carbonyl (C=O) groups excluding carboxylic acids is 4. The maximum absolute atomic E-state index is 15.5. The van der Waals surface area contributed by atoms with E-state index in [1.165, 1.54) is 6.07 Å². The Morgan fingerprint density at radius 2 is 1.68 bits per heavy atom. The molecule has 65 heavy (non-hydrogen) atoms. The average molecular weight is 879 g/mol. The highest BCUT2D eigenvalue weighted by Crippen LogP contribution is 2.32. The molecule has 0 bridgehead atoms. The molecule has 5 aromatic rings. The molecule has 4 amide bonds. The second-order valence-corrected chi connectivity index (χ2v) is 17.5. The van der Waals surface area contributed by atoms with E-state index in [9.17, 15) is 19.2 Å². The van der Waals surface area contributed by atoms with E-state index in [0.29, 0.717) is 74.1 Å². The molecule has 8 rings (SSSR count). The standard InChI is InChI=1S/C50H55FN10O4/c1-33-28-59(44-15-12-39(24-43(44)51)42-14-17-46(62)57-49(42)64)29-34(2)61(33)30-37-19-22-58(23-20-37)47(63)32-60-31-41(27-55-60)40-13-16-45(54-26-40)56-50(65)48(38-6-4-3-5-7-38)53-21-18-35-8-10-36(25-52)11-9-35/h3-13,15-16,24,26-27,31,33-34,37,42,48,53H,14,17-23,28-30,32H2,1-2H3,(H,54,56,65)(H,57,62,64)/t33-,34+,42?,48-/m1/s1. The summed E-state index contributed by atoms with van der Waals surface area (Å²) in [5, 5.41) is 22.3. The summed E-state index contributed by atoms with van der Waals surface area (Å²) >= 11 is 0. The number of halogens is 1. The highest BCUT2D eigenvalue weighted by molar-refractivity contribution is 6.01. The minimum atomic E-state index is -0.604. The lowest BCUT2D eigenvalue weighted by molar-refractivity contribution is -0.135. The largest absolute Gasteiger partial charge is 0.366 e. The first kappa shape index (κ1) is 44.8. The van der Waals surface area contributed by atoms with Crippen LogP contribution in [0.5, 0.6) is 0 Å². The number of benzene rings is 3. The molecule has 3 aromatic carbocycles. The number of hydrogen-bond acceptors (Lipinski definition) is 10. The van der Waals surface area contributed by atoms with Gasteiger partial charge in [-0.3, -0.25) is 34.1 Å². The van der Waals surface area contributed by atoms with E-state index in [4.69, 9.17) is 5.26 Å². The van der Waals surface area contributed by atoms with Crippen LogP contribution in [0.1, 0.15) is 73.7 Å². The molecular formula is C50H55FN10O4. The third kappa shape index (κ3) is 11.0. The molecule has 3 saturated heterocycles. The number of aromatic nitrogens is 3. The molecule has 0 spiro atoms. The Labute approximate surface area is 378 Å². The van der Waals surface area contributed by atoms with E-state index >= 15 is 4.39 Å². The number of carbonyl (C=O) groups is 4. The van der Waals surface area contributed by atoms with Gasteiger partial charge in [0.25, 0.3) is 0 Å². The smallest absolute Gasteiger partial charge is 0.247 e. The molecule has 0 saturated carbocycles. The molecule has 3 fully saturated rings. The zero-order chi connectivity index (χ0) is 45.5. The number of piperidine rings is 2. The molecule has 0 aliphatic carbocycles. The summed E-state index contributed by atoms with van der Waals surface area (Å²) in [6, 6.07) is 27.5. The van der Waals surface area contributed by atoms with Crippen LogP contribution in [0.4, 0.5) is 15.9 Å². The molecule has 3 N–H and O–H groups in total. The third-order valence-electron chi connectivity index (χ3n) is 13.0. The van der Waals surface area contributed by atoms with E-state index in [1.807, 2.05) is 65.7 Å². The average Bonchev–Trinajstić information content (AvgIpc) is 3.78. The van der Waals surface area contributed by atoms with Crippen molar-refractivity contribution in [2.45, 2.75) is 76.5 Å². The maximum Gasteiger partial charge on any atom is 0.247 e. The molecule has 0 radical (unpaired) electrons. The predicted molar refractivity (Wildman–Crippen MR) is 245 cm³/mol. The monoisotopic (exact) mass is 878 g/mol. The number of anilines is 2. The van der Waals surface area contributed by atoms with Gasteiger partial charge in [-0.15, -0.1) is 0 Å². The minimum Gasteiger partial charge on any atom is -0.366 e. The Bertz CT molecular complexity index is 2510. The number of amides is 4. The number of nitrogens with one attached hydrogen (secondary N) is 3. The number of piperazine rings is 1. The van der Waals surface area contributed by atoms with Crippen molar-refractivity contribution in [2.75, 3.05) is 49.5 Å². The lowest BCUT2D eigenvalue weighted by Gasteiger charge is -2.47. The maximum atomic E-state index is 15.5. The molecule has 5 heterocycles. The number of hydrogen-bond donors (Lipinski definition) is 3. The van der Waals surface area contributed by atoms with Gasteiger partial charge in [-0.2, -0.15) is 10.4 Å². The van der Waals surface area contributed by atoms with Gasteiger partial charge < -0.3 is 20.4 Å². The fourth-order valence-corrected chi connectivity index (χ4v) is 9.37. The summed E-state index contributed by atoms with van der Waals surface area (Å²) in [5.74, 6) is -0.889. The van der Waals surface area contributed by atoms with Crippen LogP contribution in [-0.4, -0.2) is 99.5 Å². The van der Waals surface area contributed by atoms with Crippen molar-refractivity contribution in [3.05, 3.63) is 132 Å². The first-order valence-corrected chi connectivity index (χ1v) is 22.5. The molecule has 14 nitrogen and oxygen atoms in total. The van der Waals surface area contributed by atoms with Crippen molar-refractivity contribution in [3.8, 4) is 17.2 Å². The number of likely N-dealkylation sites (tertiary alicyclic amines) is 1. The fraction of sp³-hybridized carbons (Fsp3) is 0.380. The van der Waals surface area contributed by atoms with Crippen molar-refractivity contribution >= 4 is 35.1 Å². The van der Waals surface area contributed by atoms with Crippen LogP contribution < -0.4 is 20.9 Å². The van der Waals surface area contributed by atoms with Gasteiger partial charge in [-0.05, 0) is 98.5 Å². The zero-order valence-corrected chi connectivity index (χ0v) is 36.8. The van der Waals surface area contributed by atoms with Crippen LogP contribution in [0.15, 0.2) is 104 Å². The molecule has 2 aromatic heterocycles. The van der Waals surface area contributed by atoms with Crippen LogP contribution in [-0.2, 0) is 32.1 Å². The molecule has 15 heteroatoms. The summed E-state index contributed by atoms with van der Waals surface area (Å²) in [4.78, 5) is 62.0. The van der Waals surface area contributed by atoms with E-state index in [1.54, 1.807) is 41.3 Å². The van der Waals surface area contributed by atoms with Gasteiger partial charge in [0.15, 0.2) is 0 Å². The summed E-state index contributed by atoms with van der Waals surface area (Å²) in [7, 11) is 0. The summed E-state index contributed by atoms with van der Waals surface area (Å²) in [5.41, 5.74) is 5.24. The quantitative estimate of drug-likeness (QED) is 0.116. The fourth-order valence-electron chi connectivity index (χ4n) is 9.37. The number of nitrogens with zero attached hydrogens (tertiary/aromatic N) is 7. The summed E-state index contributed by atoms with van der Waals surface area (Å²) in [6.45, 7) is 8.68. The predicted octanol–water partition coefficient (Wildman–Crippen LogP) is 5.83. The van der Waals surface area contributed by atoms with Gasteiger partial charge in [-0.25, -0.2) is 9.37 Å². The Kier molecular flexibility index (Phi) is 14.1. The third-order valence-corrected chi connectivity index (χ3v) is 13.0. The second kappa shape index (κ2) is 20.4. The van der Waals surface area contributed by atoms with Crippen LogP contribution in [0.3, 0.4) is 0 Å². The van der Waals surface area contributed by atoms with Gasteiger partial charge in [-0.1, -0.05) is 48.5 Å². The van der Waals surface area contributed by atoms with Crippen LogP contribution in [0.25, 0.3) is 11.1 Å². The summed E-state index contributed by atoms with van der Waals surface area (Å²) in [6.07, 6.45) is 8.37. The first-order valence-electron chi connectivity index (χ1n) is 22.5. The molecule has 3 aliphatic heterocycles. The SMILES string of the molecule is C[C@@H]1CN(c2ccc(C3CCC(=O)NC3=O)cc2F)C[C@H](C)N1CC1CCN(C(=O)Cn2cc(-c3ccc(NC(=O)[C@H](NCCc4ccc(C#N)cc4)c4ccccc4)nc3)cn2)CC1. The van der Waals surface area contributed by atoms with E-state index < -0.39 is 12.0 Å². The second-order valence-electron chi connectivity index (χ2n) is 17.5. The minimum absolute atomic E-state index is 0.0220. The van der Waals surface area contributed by atoms with Crippen LogP contribution in [0.2, 0.25) is 0 Å². The van der Waals surface area contributed by atoms with Crippen LogP contribution in [0, 0.1) is 23.1 Å². The first-order chi connectivity index (χ1) is 31.5. The van der Waals surface area contributed by atoms with E-state index in [-0.39, 0.29) is 54.5 Å². The highest BCUT2D eigenvalue weighted by Gasteiger charge is 2.35. The van der Waals surface area contributed by atoms with Crippen molar-refractivity contribution in [2.24, 2.45) is 5.92 Å². The van der Waals surface area contributed by atoms with Gasteiger partial charge in [0.2, 0.25) is 23.6 Å². The van der Waals surface area contributed by atoms with Crippen LogP contribution >= 0.6 is 0 Å². The van der Waals surface area contributed by atoms with E-state index in [2.05, 4.69) is 55.7 Å².